The van der Waals surface area contributed by atoms with E-state index in [4.69, 9.17) is 4.74 Å². The van der Waals surface area contributed by atoms with Crippen LogP contribution in [0.15, 0.2) is 12.1 Å². The maximum Gasteiger partial charge on any atom is 0.293 e. The maximum atomic E-state index is 13.5. The summed E-state index contributed by atoms with van der Waals surface area (Å²) in [4.78, 5) is 10.4. The summed E-state index contributed by atoms with van der Waals surface area (Å²) in [7, 11) is 1.53. The van der Waals surface area contributed by atoms with Crippen LogP contribution in [0, 0.1) is 19.5 Å². The van der Waals surface area contributed by atoms with E-state index in [0.717, 1.165) is 6.07 Å². The van der Waals surface area contributed by atoms with Gasteiger partial charge in [-0.3, -0.25) is 10.1 Å². The minimum absolute atomic E-state index is 0.148. The molecule has 0 saturated carbocycles. The van der Waals surface area contributed by atoms with Crippen molar-refractivity contribution in [3.05, 3.63) is 31.6 Å². The third kappa shape index (κ3) is 3.77. The largest absolute Gasteiger partial charge is 0.382 e. The molecule has 0 aliphatic heterocycles. The summed E-state index contributed by atoms with van der Waals surface area (Å²) in [5.74, 6) is -0.489. The van der Waals surface area contributed by atoms with Gasteiger partial charge in [-0.15, -0.1) is 0 Å². The number of ether oxygens (including phenoxy) is 1. The molecule has 18 heavy (non-hydrogen) atoms. The standard InChI is InChI=1S/C11H14FIN2O3/c1-11(2,6-18-3)14-9-4-7(12)8(13)5-10(9)15(16)17/h4-5,14H,6H2,1-3H3. The number of methoxy groups -OCH3 is 1. The van der Waals surface area contributed by atoms with Crippen molar-refractivity contribution in [2.24, 2.45) is 0 Å². The third-order valence-corrected chi connectivity index (χ3v) is 3.04. The monoisotopic (exact) mass is 368 g/mol. The predicted octanol–water partition coefficient (Wildman–Crippen LogP) is 3.18. The minimum Gasteiger partial charge on any atom is -0.382 e. The van der Waals surface area contributed by atoms with E-state index in [0.29, 0.717) is 6.61 Å². The molecule has 100 valence electrons. The van der Waals surface area contributed by atoms with Gasteiger partial charge in [0.25, 0.3) is 5.69 Å². The average Bonchev–Trinajstić information content (AvgIpc) is 2.22. The highest BCUT2D eigenvalue weighted by Crippen LogP contribution is 2.30. The van der Waals surface area contributed by atoms with Crippen molar-refractivity contribution in [1.82, 2.24) is 0 Å². The smallest absolute Gasteiger partial charge is 0.293 e. The zero-order valence-corrected chi connectivity index (χ0v) is 12.4. The van der Waals surface area contributed by atoms with E-state index >= 15 is 0 Å². The lowest BCUT2D eigenvalue weighted by Crippen LogP contribution is -2.36. The second-order valence-corrected chi connectivity index (χ2v) is 5.64. The summed E-state index contributed by atoms with van der Waals surface area (Å²) >= 11 is 1.72. The topological polar surface area (TPSA) is 64.4 Å². The highest BCUT2D eigenvalue weighted by atomic mass is 127. The highest BCUT2D eigenvalue weighted by molar-refractivity contribution is 14.1. The maximum absolute atomic E-state index is 13.5. The van der Waals surface area contributed by atoms with Gasteiger partial charge < -0.3 is 10.1 Å². The second-order valence-electron chi connectivity index (χ2n) is 4.48. The van der Waals surface area contributed by atoms with Crippen molar-refractivity contribution < 1.29 is 14.1 Å². The Balaban J connectivity index is 3.15. The molecule has 1 rings (SSSR count). The number of hydrogen-bond donors (Lipinski definition) is 1. The minimum atomic E-state index is -0.535. The van der Waals surface area contributed by atoms with Crippen LogP contribution >= 0.6 is 22.6 Å². The van der Waals surface area contributed by atoms with E-state index in [-0.39, 0.29) is 14.9 Å². The molecule has 0 spiro atoms. The second kappa shape index (κ2) is 5.79. The van der Waals surface area contributed by atoms with Crippen molar-refractivity contribution in [3.8, 4) is 0 Å². The van der Waals surface area contributed by atoms with E-state index in [9.17, 15) is 14.5 Å². The molecule has 0 aromatic heterocycles. The molecule has 0 fully saturated rings. The van der Waals surface area contributed by atoms with E-state index in [1.807, 2.05) is 13.8 Å². The molecule has 0 aliphatic carbocycles. The van der Waals surface area contributed by atoms with Gasteiger partial charge in [0.15, 0.2) is 0 Å². The van der Waals surface area contributed by atoms with Crippen LogP contribution in [0.25, 0.3) is 0 Å². The van der Waals surface area contributed by atoms with Crippen molar-refractivity contribution in [3.63, 3.8) is 0 Å². The van der Waals surface area contributed by atoms with Crippen LogP contribution in [0.5, 0.6) is 0 Å². The number of rotatable bonds is 5. The summed E-state index contributed by atoms with van der Waals surface area (Å²) < 4.78 is 18.7. The van der Waals surface area contributed by atoms with Crippen molar-refractivity contribution in [2.45, 2.75) is 19.4 Å². The molecule has 0 radical (unpaired) electrons. The summed E-state index contributed by atoms with van der Waals surface area (Å²) in [6.45, 7) is 3.98. The Hall–Kier alpha value is -0.960. The lowest BCUT2D eigenvalue weighted by atomic mass is 10.1. The SMILES string of the molecule is COCC(C)(C)Nc1cc(F)c(I)cc1[N+](=O)[O-]. The number of benzene rings is 1. The zero-order valence-electron chi connectivity index (χ0n) is 10.3. The van der Waals surface area contributed by atoms with Crippen LogP contribution in [-0.4, -0.2) is 24.2 Å². The quantitative estimate of drug-likeness (QED) is 0.493. The van der Waals surface area contributed by atoms with Crippen molar-refractivity contribution in [2.75, 3.05) is 19.0 Å². The highest BCUT2D eigenvalue weighted by Gasteiger charge is 2.24. The first-order valence-electron chi connectivity index (χ1n) is 5.17. The Morgan fingerprint density at radius 1 is 1.56 bits per heavy atom. The van der Waals surface area contributed by atoms with Gasteiger partial charge in [-0.05, 0) is 36.4 Å². The van der Waals surface area contributed by atoms with E-state index < -0.39 is 16.3 Å². The fourth-order valence-electron chi connectivity index (χ4n) is 1.55. The van der Waals surface area contributed by atoms with Gasteiger partial charge in [0.05, 0.1) is 20.6 Å². The molecular formula is C11H14FIN2O3. The number of nitro groups is 1. The molecule has 0 unspecified atom stereocenters. The molecule has 1 aromatic carbocycles. The van der Waals surface area contributed by atoms with E-state index in [2.05, 4.69) is 5.32 Å². The van der Waals surface area contributed by atoms with Crippen molar-refractivity contribution >= 4 is 34.0 Å². The first-order valence-corrected chi connectivity index (χ1v) is 6.25. The van der Waals surface area contributed by atoms with Crippen LogP contribution in [0.4, 0.5) is 15.8 Å². The Kier molecular flexibility index (Phi) is 4.85. The van der Waals surface area contributed by atoms with Crippen molar-refractivity contribution in [1.29, 1.82) is 0 Å². The first-order chi connectivity index (χ1) is 8.26. The molecule has 7 heteroatoms. The Morgan fingerprint density at radius 2 is 2.17 bits per heavy atom. The van der Waals surface area contributed by atoms with Gasteiger partial charge in [0.1, 0.15) is 11.5 Å². The summed E-state index contributed by atoms with van der Waals surface area (Å²) in [6, 6.07) is 2.35. The molecule has 0 heterocycles. The molecule has 0 bridgehead atoms. The Labute approximate surface area is 118 Å². The molecular weight excluding hydrogens is 354 g/mol. The number of anilines is 1. The first kappa shape index (κ1) is 15.1. The summed E-state index contributed by atoms with van der Waals surface area (Å²) in [5, 5.41) is 13.9. The van der Waals surface area contributed by atoms with Gasteiger partial charge >= 0.3 is 0 Å². The van der Waals surface area contributed by atoms with E-state index in [1.165, 1.54) is 13.2 Å². The van der Waals surface area contributed by atoms with Crippen LogP contribution in [0.3, 0.4) is 0 Å². The lowest BCUT2D eigenvalue weighted by molar-refractivity contribution is -0.384. The van der Waals surface area contributed by atoms with Crippen LogP contribution < -0.4 is 5.32 Å². The summed E-state index contributed by atoms with van der Waals surface area (Å²) in [6.07, 6.45) is 0. The third-order valence-electron chi connectivity index (χ3n) is 2.21. The molecule has 1 N–H and O–H groups in total. The van der Waals surface area contributed by atoms with E-state index in [1.54, 1.807) is 22.6 Å². The molecule has 0 saturated heterocycles. The molecule has 5 nitrogen and oxygen atoms in total. The number of nitrogens with zero attached hydrogens (tertiary/aromatic N) is 1. The Bertz CT molecular complexity index is 466. The zero-order chi connectivity index (χ0) is 13.9. The van der Waals surface area contributed by atoms with Gasteiger partial charge in [-0.25, -0.2) is 4.39 Å². The number of halogens is 2. The molecule has 0 aliphatic rings. The van der Waals surface area contributed by atoms with Gasteiger partial charge in [0.2, 0.25) is 0 Å². The number of nitrogens with one attached hydrogen (secondary N) is 1. The average molecular weight is 368 g/mol. The molecule has 1 aromatic rings. The number of nitro benzene ring substituents is 1. The predicted molar refractivity (Wildman–Crippen MR) is 75.3 cm³/mol. The van der Waals surface area contributed by atoms with Crippen LogP contribution in [0.1, 0.15) is 13.8 Å². The fraction of sp³-hybridized carbons (Fsp3) is 0.455. The normalized spacial score (nSPS) is 11.4. The lowest BCUT2D eigenvalue weighted by Gasteiger charge is -2.26. The fourth-order valence-corrected chi connectivity index (χ4v) is 2.00. The summed E-state index contributed by atoms with van der Waals surface area (Å²) in [5.41, 5.74) is -0.524. The number of hydrogen-bond acceptors (Lipinski definition) is 4. The van der Waals surface area contributed by atoms with Crippen LogP contribution in [0.2, 0.25) is 0 Å². The van der Waals surface area contributed by atoms with Crippen LogP contribution in [-0.2, 0) is 4.74 Å². The molecule has 0 amide bonds. The van der Waals surface area contributed by atoms with Gasteiger partial charge in [-0.2, -0.15) is 0 Å². The van der Waals surface area contributed by atoms with Gasteiger partial charge in [0, 0.05) is 19.2 Å². The molecule has 0 atom stereocenters. The van der Waals surface area contributed by atoms with Gasteiger partial charge in [-0.1, -0.05) is 0 Å². The Morgan fingerprint density at radius 3 is 2.67 bits per heavy atom.